The molecule has 0 N–H and O–H groups in total. The van der Waals surface area contributed by atoms with Gasteiger partial charge < -0.3 is 22.7 Å². The van der Waals surface area contributed by atoms with Crippen LogP contribution in [0.15, 0.2) is 223 Å². The van der Waals surface area contributed by atoms with Gasteiger partial charge in [-0.25, -0.2) is 0 Å². The van der Waals surface area contributed by atoms with Gasteiger partial charge in [-0.05, 0) is 97.1 Å². The van der Waals surface area contributed by atoms with E-state index < -0.39 is 0 Å². The first-order chi connectivity index (χ1) is 32.3. The fourth-order valence-corrected chi connectivity index (χ4v) is 11.3. The van der Waals surface area contributed by atoms with Gasteiger partial charge in [0.2, 0.25) is 0 Å². The van der Waals surface area contributed by atoms with Gasteiger partial charge in [0.05, 0.1) is 44.1 Å². The predicted molar refractivity (Wildman–Crippen MR) is 271 cm³/mol. The molecule has 5 heteroatoms. The maximum absolute atomic E-state index is 6.29. The van der Waals surface area contributed by atoms with Crippen molar-refractivity contribution in [2.24, 2.45) is 0 Å². The molecule has 0 aliphatic heterocycles. The Morgan fingerprint density at radius 3 is 1.26 bits per heavy atom. The van der Waals surface area contributed by atoms with Crippen molar-refractivity contribution >= 4 is 109 Å². The molecule has 0 aliphatic carbocycles. The van der Waals surface area contributed by atoms with Crippen LogP contribution in [0.1, 0.15) is 0 Å². The Labute approximate surface area is 371 Å². The first-order valence-corrected chi connectivity index (χ1v) is 22.3. The van der Waals surface area contributed by atoms with Crippen LogP contribution < -0.4 is 0 Å². The number of rotatable bonds is 4. The third-order valence-corrected chi connectivity index (χ3v) is 13.9. The number of fused-ring (bicyclic) bond motifs is 17. The van der Waals surface area contributed by atoms with E-state index in [0.29, 0.717) is 0 Å². The van der Waals surface area contributed by atoms with Gasteiger partial charge in [-0.1, -0.05) is 121 Å². The summed E-state index contributed by atoms with van der Waals surface area (Å²) in [7, 11) is 0. The van der Waals surface area contributed by atoms with E-state index in [9.17, 15) is 0 Å². The summed E-state index contributed by atoms with van der Waals surface area (Å²) in [5.41, 5.74) is 15.8. The molecule has 65 heavy (non-hydrogen) atoms. The van der Waals surface area contributed by atoms with Crippen LogP contribution in [0.2, 0.25) is 0 Å². The largest absolute Gasteiger partial charge is 0.456 e. The molecule has 5 heterocycles. The number of hydrogen-bond donors (Lipinski definition) is 0. The molecule has 5 nitrogen and oxygen atoms in total. The van der Waals surface area contributed by atoms with E-state index in [4.69, 9.17) is 4.42 Å². The molecule has 15 rings (SSSR count). The molecule has 10 aromatic carbocycles. The highest BCUT2D eigenvalue weighted by molar-refractivity contribution is 6.31. The van der Waals surface area contributed by atoms with Gasteiger partial charge in [-0.2, -0.15) is 0 Å². The summed E-state index contributed by atoms with van der Waals surface area (Å²) in [6, 6.07) is 79.5. The Morgan fingerprint density at radius 2 is 0.646 bits per heavy atom. The van der Waals surface area contributed by atoms with Crippen LogP contribution in [0.25, 0.3) is 132 Å². The average Bonchev–Trinajstić information content (AvgIpc) is 4.16. The zero-order valence-electron chi connectivity index (χ0n) is 35.0. The van der Waals surface area contributed by atoms with Crippen LogP contribution in [-0.2, 0) is 0 Å². The highest BCUT2D eigenvalue weighted by Gasteiger charge is 2.25. The van der Waals surface area contributed by atoms with Crippen LogP contribution >= 0.6 is 0 Å². The first kappa shape index (κ1) is 34.7. The Hall–Kier alpha value is -8.80. The fourth-order valence-electron chi connectivity index (χ4n) is 11.3. The van der Waals surface area contributed by atoms with Crippen molar-refractivity contribution in [3.8, 4) is 22.7 Å². The van der Waals surface area contributed by atoms with Gasteiger partial charge in [0.25, 0.3) is 0 Å². The number of hydrogen-bond acceptors (Lipinski definition) is 1. The number of para-hydroxylation sites is 6. The average molecular weight is 829 g/mol. The Balaban J connectivity index is 1.06. The van der Waals surface area contributed by atoms with Crippen LogP contribution in [0.4, 0.5) is 0 Å². The van der Waals surface area contributed by atoms with Crippen molar-refractivity contribution in [2.45, 2.75) is 0 Å². The number of benzene rings is 10. The van der Waals surface area contributed by atoms with Crippen molar-refractivity contribution in [3.05, 3.63) is 218 Å². The predicted octanol–water partition coefficient (Wildman–Crippen LogP) is 16.0. The fraction of sp³-hybridized carbons (Fsp3) is 0. The molecule has 302 valence electrons. The Morgan fingerprint density at radius 1 is 0.231 bits per heavy atom. The topological polar surface area (TPSA) is 32.9 Å². The van der Waals surface area contributed by atoms with Crippen molar-refractivity contribution in [1.82, 2.24) is 18.3 Å². The van der Waals surface area contributed by atoms with E-state index in [1.165, 1.54) is 76.2 Å². The quantitative estimate of drug-likeness (QED) is 0.174. The summed E-state index contributed by atoms with van der Waals surface area (Å²) in [5, 5.41) is 12.1. The van der Waals surface area contributed by atoms with Gasteiger partial charge in [0.1, 0.15) is 11.2 Å². The molecule has 0 amide bonds. The van der Waals surface area contributed by atoms with E-state index in [0.717, 1.165) is 55.7 Å². The molecule has 0 bridgehead atoms. The van der Waals surface area contributed by atoms with Crippen LogP contribution in [0.3, 0.4) is 0 Å². The Bertz CT molecular complexity index is 4460. The van der Waals surface area contributed by atoms with Gasteiger partial charge >= 0.3 is 0 Å². The summed E-state index contributed by atoms with van der Waals surface area (Å²) < 4.78 is 16.1. The minimum Gasteiger partial charge on any atom is -0.456 e. The second kappa shape index (κ2) is 12.9. The van der Waals surface area contributed by atoms with Gasteiger partial charge in [0.15, 0.2) is 0 Å². The van der Waals surface area contributed by atoms with E-state index >= 15 is 0 Å². The monoisotopic (exact) mass is 828 g/mol. The molecular weight excluding hydrogens is 793 g/mol. The molecule has 0 saturated carbocycles. The highest BCUT2D eigenvalue weighted by atomic mass is 16.3. The lowest BCUT2D eigenvalue weighted by atomic mass is 10.1. The third kappa shape index (κ3) is 4.65. The molecule has 0 unspecified atom stereocenters. The zero-order chi connectivity index (χ0) is 42.3. The lowest BCUT2D eigenvalue weighted by Gasteiger charge is -2.11. The van der Waals surface area contributed by atoms with E-state index in [-0.39, 0.29) is 0 Å². The van der Waals surface area contributed by atoms with E-state index in [2.05, 4.69) is 225 Å². The lowest BCUT2D eigenvalue weighted by Crippen LogP contribution is -1.96. The molecule has 0 aliphatic rings. The number of furan rings is 1. The maximum atomic E-state index is 6.29. The van der Waals surface area contributed by atoms with Gasteiger partial charge in [-0.15, -0.1) is 0 Å². The summed E-state index contributed by atoms with van der Waals surface area (Å²) in [6.07, 6.45) is 0. The van der Waals surface area contributed by atoms with E-state index in [1.54, 1.807) is 0 Å². The second-order valence-corrected chi connectivity index (χ2v) is 17.3. The summed E-state index contributed by atoms with van der Waals surface area (Å²) in [5.74, 6) is 0. The molecule has 0 fully saturated rings. The standard InChI is InChI=1S/C60H36N4O/c1-3-15-37(16-4-1)61-49-23-11-7-19-41(49)47-35-39(27-31-52(47)61)62-50-24-12-8-21-45(50)57-53(62)32-29-43-44-30-33-54-58(60(44)64(59(43)57)38-17-5-2-6-18-38)46-22-9-13-25-51(46)63(54)40-28-34-56-48(36-40)42-20-10-14-26-55(42)65-56/h1-36H. The number of nitrogens with zero attached hydrogens (tertiary/aromatic N) is 4. The molecule has 0 radical (unpaired) electrons. The molecular formula is C60H36N4O. The smallest absolute Gasteiger partial charge is 0.135 e. The SMILES string of the molecule is c1ccc(-n2c3ccccc3c3cc(-n4c5ccccc5c5c4ccc4c6ccc7c(c8ccccc8n7-c7ccc8oc9ccccc9c8c7)c6n(-c6ccccc6)c45)ccc32)cc1. The molecule has 0 saturated heterocycles. The molecule has 0 atom stereocenters. The van der Waals surface area contributed by atoms with Crippen LogP contribution in [0.5, 0.6) is 0 Å². The van der Waals surface area contributed by atoms with Crippen molar-refractivity contribution in [1.29, 1.82) is 0 Å². The van der Waals surface area contributed by atoms with E-state index in [1.807, 2.05) is 12.1 Å². The third-order valence-electron chi connectivity index (χ3n) is 13.9. The highest BCUT2D eigenvalue weighted by Crippen LogP contribution is 2.47. The van der Waals surface area contributed by atoms with Crippen LogP contribution in [-0.4, -0.2) is 18.3 Å². The lowest BCUT2D eigenvalue weighted by molar-refractivity contribution is 0.669. The van der Waals surface area contributed by atoms with Gasteiger partial charge in [0, 0.05) is 76.6 Å². The normalized spacial score (nSPS) is 12.3. The molecule has 15 aromatic rings. The summed E-state index contributed by atoms with van der Waals surface area (Å²) in [4.78, 5) is 0. The maximum Gasteiger partial charge on any atom is 0.135 e. The Kier molecular flexibility index (Phi) is 6.89. The molecule has 0 spiro atoms. The number of aromatic nitrogens is 4. The zero-order valence-corrected chi connectivity index (χ0v) is 35.0. The second-order valence-electron chi connectivity index (χ2n) is 17.3. The van der Waals surface area contributed by atoms with Gasteiger partial charge in [-0.3, -0.25) is 0 Å². The summed E-state index contributed by atoms with van der Waals surface area (Å²) >= 11 is 0. The first-order valence-electron chi connectivity index (χ1n) is 22.3. The minimum absolute atomic E-state index is 0.893. The summed E-state index contributed by atoms with van der Waals surface area (Å²) in [6.45, 7) is 0. The molecule has 5 aromatic heterocycles. The van der Waals surface area contributed by atoms with Crippen molar-refractivity contribution in [2.75, 3.05) is 0 Å². The van der Waals surface area contributed by atoms with Crippen molar-refractivity contribution in [3.63, 3.8) is 0 Å². The van der Waals surface area contributed by atoms with Crippen LogP contribution in [0, 0.1) is 0 Å². The minimum atomic E-state index is 0.893. The van der Waals surface area contributed by atoms with Crippen molar-refractivity contribution < 1.29 is 4.42 Å².